The smallest absolute Gasteiger partial charge is 0.254 e. The number of amides is 2. The van der Waals surface area contributed by atoms with Crippen molar-refractivity contribution in [3.8, 4) is 5.75 Å². The van der Waals surface area contributed by atoms with E-state index in [1.165, 1.54) is 5.56 Å². The molecule has 0 saturated heterocycles. The van der Waals surface area contributed by atoms with E-state index in [2.05, 4.69) is 24.9 Å². The van der Waals surface area contributed by atoms with Crippen molar-refractivity contribution < 1.29 is 14.3 Å². The maximum Gasteiger partial charge on any atom is 0.254 e. The molecule has 1 saturated carbocycles. The summed E-state index contributed by atoms with van der Waals surface area (Å²) in [5.41, 5.74) is 4.79. The molecule has 2 amide bonds. The van der Waals surface area contributed by atoms with Crippen LogP contribution < -0.4 is 10.1 Å². The third kappa shape index (κ3) is 3.72. The third-order valence-electron chi connectivity index (χ3n) is 6.46. The highest BCUT2D eigenvalue weighted by Crippen LogP contribution is 2.35. The van der Waals surface area contributed by atoms with E-state index in [9.17, 15) is 9.59 Å². The summed E-state index contributed by atoms with van der Waals surface area (Å²) in [4.78, 5) is 27.6. The minimum absolute atomic E-state index is 0.0341. The lowest BCUT2D eigenvalue weighted by molar-refractivity contribution is -0.121. The average Bonchev–Trinajstić information content (AvgIpc) is 3.11. The van der Waals surface area contributed by atoms with E-state index in [1.54, 1.807) is 13.2 Å². The quantitative estimate of drug-likeness (QED) is 0.779. The Bertz CT molecular complexity index is 990. The van der Waals surface area contributed by atoms with Gasteiger partial charge in [0, 0.05) is 41.4 Å². The molecule has 2 aromatic rings. The Morgan fingerprint density at radius 1 is 1.20 bits per heavy atom. The fourth-order valence-electron chi connectivity index (χ4n) is 4.66. The monoisotopic (exact) mass is 404 g/mol. The summed E-state index contributed by atoms with van der Waals surface area (Å²) >= 11 is 0. The highest BCUT2D eigenvalue weighted by molar-refractivity contribution is 5.99. The molecule has 1 aliphatic carbocycles. The molecule has 1 N–H and O–H groups in total. The molecule has 4 rings (SSSR count). The lowest BCUT2D eigenvalue weighted by atomic mass is 9.84. The number of benzene rings is 2. The molecule has 0 bridgehead atoms. The van der Waals surface area contributed by atoms with Gasteiger partial charge in [-0.2, -0.15) is 0 Å². The summed E-state index contributed by atoms with van der Waals surface area (Å²) in [7, 11) is 1.61. The molecule has 0 atom stereocenters. The van der Waals surface area contributed by atoms with Crippen molar-refractivity contribution in [2.45, 2.75) is 45.2 Å². The van der Waals surface area contributed by atoms with Gasteiger partial charge in [0.15, 0.2) is 0 Å². The minimum Gasteiger partial charge on any atom is -0.496 e. The Morgan fingerprint density at radius 2 is 1.97 bits per heavy atom. The van der Waals surface area contributed by atoms with Crippen molar-refractivity contribution in [3.05, 3.63) is 65.2 Å². The van der Waals surface area contributed by atoms with E-state index in [0.717, 1.165) is 48.1 Å². The molecule has 2 aromatic carbocycles. The maximum atomic E-state index is 12.8. The largest absolute Gasteiger partial charge is 0.496 e. The summed E-state index contributed by atoms with van der Waals surface area (Å²) in [5.74, 6) is 0.826. The van der Waals surface area contributed by atoms with E-state index < -0.39 is 0 Å². The van der Waals surface area contributed by atoms with Gasteiger partial charge in [-0.15, -0.1) is 0 Å². The first-order chi connectivity index (χ1) is 14.5. The molecule has 5 nitrogen and oxygen atoms in total. The highest BCUT2D eigenvalue weighted by atomic mass is 16.5. The van der Waals surface area contributed by atoms with Gasteiger partial charge >= 0.3 is 0 Å². The number of hydrogen-bond acceptors (Lipinski definition) is 3. The number of nitrogens with zero attached hydrogens (tertiary/aromatic N) is 1. The molecule has 1 heterocycles. The molecule has 156 valence electrons. The zero-order valence-corrected chi connectivity index (χ0v) is 17.6. The topological polar surface area (TPSA) is 58.6 Å². The van der Waals surface area contributed by atoms with E-state index in [4.69, 9.17) is 4.74 Å². The Kier molecular flexibility index (Phi) is 5.62. The fourth-order valence-corrected chi connectivity index (χ4v) is 4.66. The SMILES string of the molecule is C=Cc1ccc(NC(=O)C2CCC(N3Cc4c(C)cccc4C3=O)CC2)cc1OC. The molecule has 30 heavy (non-hydrogen) atoms. The molecule has 0 aromatic heterocycles. The molecule has 5 heteroatoms. The maximum absolute atomic E-state index is 12.8. The van der Waals surface area contributed by atoms with Crippen molar-refractivity contribution in [1.82, 2.24) is 4.90 Å². The van der Waals surface area contributed by atoms with Crippen molar-refractivity contribution in [1.29, 1.82) is 0 Å². The zero-order valence-electron chi connectivity index (χ0n) is 17.6. The Balaban J connectivity index is 1.36. The summed E-state index contributed by atoms with van der Waals surface area (Å²) in [5, 5.41) is 3.02. The number of nitrogens with one attached hydrogen (secondary N) is 1. The summed E-state index contributed by atoms with van der Waals surface area (Å²) < 4.78 is 5.36. The summed E-state index contributed by atoms with van der Waals surface area (Å²) in [6.07, 6.45) is 5.02. The predicted octanol–water partition coefficient (Wildman–Crippen LogP) is 4.80. The number of carbonyl (C=O) groups excluding carboxylic acids is 2. The number of hydrogen-bond donors (Lipinski definition) is 1. The van der Waals surface area contributed by atoms with Crippen LogP contribution in [-0.4, -0.2) is 29.9 Å². The van der Waals surface area contributed by atoms with Crippen LogP contribution in [0.5, 0.6) is 5.75 Å². The molecule has 0 unspecified atom stereocenters. The number of ether oxygens (including phenoxy) is 1. The van der Waals surface area contributed by atoms with Crippen LogP contribution in [0.2, 0.25) is 0 Å². The van der Waals surface area contributed by atoms with Crippen LogP contribution in [0, 0.1) is 12.8 Å². The first-order valence-corrected chi connectivity index (χ1v) is 10.5. The van der Waals surface area contributed by atoms with E-state index in [1.807, 2.05) is 35.2 Å². The standard InChI is InChI=1S/C25H28N2O3/c1-4-17-8-11-19(14-23(17)30-3)26-24(28)18-9-12-20(13-10-18)27-15-22-16(2)6-5-7-21(22)25(27)29/h4-8,11,14,18,20H,1,9-10,12-13,15H2,2-3H3,(H,26,28). The van der Waals surface area contributed by atoms with Crippen molar-refractivity contribution in [3.63, 3.8) is 0 Å². The van der Waals surface area contributed by atoms with Crippen LogP contribution in [-0.2, 0) is 11.3 Å². The number of fused-ring (bicyclic) bond motifs is 1. The van der Waals surface area contributed by atoms with Crippen LogP contribution in [0.1, 0.15) is 52.7 Å². The number of rotatable bonds is 5. The zero-order chi connectivity index (χ0) is 21.3. The first kappa shape index (κ1) is 20.2. The minimum atomic E-state index is -0.0341. The van der Waals surface area contributed by atoms with E-state index >= 15 is 0 Å². The van der Waals surface area contributed by atoms with Gasteiger partial charge in [0.25, 0.3) is 5.91 Å². The Labute approximate surface area is 177 Å². The van der Waals surface area contributed by atoms with Crippen molar-refractivity contribution in [2.75, 3.05) is 12.4 Å². The molecule has 1 aliphatic heterocycles. The van der Waals surface area contributed by atoms with Crippen molar-refractivity contribution in [2.24, 2.45) is 5.92 Å². The van der Waals surface area contributed by atoms with Gasteiger partial charge in [-0.3, -0.25) is 9.59 Å². The van der Waals surface area contributed by atoms with Crippen LogP contribution in [0.25, 0.3) is 6.08 Å². The molecule has 0 spiro atoms. The normalized spacial score (nSPS) is 20.6. The van der Waals surface area contributed by atoms with Gasteiger partial charge in [-0.1, -0.05) is 24.8 Å². The molecule has 0 radical (unpaired) electrons. The van der Waals surface area contributed by atoms with Crippen LogP contribution >= 0.6 is 0 Å². The second-order valence-electron chi connectivity index (χ2n) is 8.19. The molecular weight excluding hydrogens is 376 g/mol. The summed E-state index contributed by atoms with van der Waals surface area (Å²) in [6.45, 7) is 6.53. The van der Waals surface area contributed by atoms with Gasteiger partial charge in [0.2, 0.25) is 5.91 Å². The number of anilines is 1. The highest BCUT2D eigenvalue weighted by Gasteiger charge is 2.36. The van der Waals surface area contributed by atoms with Gasteiger partial charge in [0.05, 0.1) is 7.11 Å². The van der Waals surface area contributed by atoms with Gasteiger partial charge < -0.3 is 15.0 Å². The second kappa shape index (κ2) is 8.34. The lowest BCUT2D eigenvalue weighted by Crippen LogP contribution is -2.40. The van der Waals surface area contributed by atoms with Gasteiger partial charge in [0.1, 0.15) is 5.75 Å². The Hall–Kier alpha value is -3.08. The lowest BCUT2D eigenvalue weighted by Gasteiger charge is -2.34. The fraction of sp³-hybridized carbons (Fsp3) is 0.360. The van der Waals surface area contributed by atoms with Crippen molar-refractivity contribution >= 4 is 23.6 Å². The first-order valence-electron chi connectivity index (χ1n) is 10.5. The molecule has 1 fully saturated rings. The molecule has 2 aliphatic rings. The Morgan fingerprint density at radius 3 is 2.63 bits per heavy atom. The number of methoxy groups -OCH3 is 1. The summed E-state index contributed by atoms with van der Waals surface area (Å²) in [6, 6.07) is 11.7. The van der Waals surface area contributed by atoms with Gasteiger partial charge in [-0.25, -0.2) is 0 Å². The molecular formula is C25H28N2O3. The van der Waals surface area contributed by atoms with Crippen LogP contribution in [0.15, 0.2) is 43.0 Å². The second-order valence-corrected chi connectivity index (χ2v) is 8.19. The third-order valence-corrected chi connectivity index (χ3v) is 6.46. The van der Waals surface area contributed by atoms with E-state index in [0.29, 0.717) is 12.3 Å². The van der Waals surface area contributed by atoms with E-state index in [-0.39, 0.29) is 23.8 Å². The predicted molar refractivity (Wildman–Crippen MR) is 119 cm³/mol. The van der Waals surface area contributed by atoms with Crippen LogP contribution in [0.4, 0.5) is 5.69 Å². The number of carbonyl (C=O) groups is 2. The number of aryl methyl sites for hydroxylation is 1. The van der Waals surface area contributed by atoms with Crippen LogP contribution in [0.3, 0.4) is 0 Å². The average molecular weight is 405 g/mol. The van der Waals surface area contributed by atoms with Gasteiger partial charge in [-0.05, 0) is 61.9 Å².